The summed E-state index contributed by atoms with van der Waals surface area (Å²) < 4.78 is 44.0. The molecule has 30 heavy (non-hydrogen) atoms. The highest BCUT2D eigenvalue weighted by Gasteiger charge is 2.26. The first-order valence-electron chi connectivity index (χ1n) is 10.3. The zero-order valence-corrected chi connectivity index (χ0v) is 17.0. The minimum atomic E-state index is -0.799. The van der Waals surface area contributed by atoms with Gasteiger partial charge in [-0.3, -0.25) is 4.98 Å². The Kier molecular flexibility index (Phi) is 7.69. The lowest BCUT2D eigenvalue weighted by atomic mass is 9.82. The fourth-order valence-corrected chi connectivity index (χ4v) is 3.76. The lowest BCUT2D eigenvalue weighted by Crippen LogP contribution is -2.35. The van der Waals surface area contributed by atoms with Crippen molar-refractivity contribution in [2.75, 3.05) is 0 Å². The molecule has 0 bridgehead atoms. The van der Waals surface area contributed by atoms with Gasteiger partial charge in [0.2, 0.25) is 0 Å². The van der Waals surface area contributed by atoms with Gasteiger partial charge in [0.15, 0.2) is 23.2 Å². The number of hydrogen-bond donors (Lipinski definition) is 1. The summed E-state index contributed by atoms with van der Waals surface area (Å²) in [6, 6.07) is 10.5. The van der Waals surface area contributed by atoms with E-state index < -0.39 is 11.6 Å². The summed E-state index contributed by atoms with van der Waals surface area (Å²) in [5.74, 6) is -0.979. The molecule has 1 saturated carbocycles. The molecule has 0 saturated heterocycles. The van der Waals surface area contributed by atoms with Crippen LogP contribution in [0.2, 0.25) is 0 Å². The van der Waals surface area contributed by atoms with Crippen LogP contribution in [-0.2, 0) is 0 Å². The van der Waals surface area contributed by atoms with Crippen molar-refractivity contribution < 1.29 is 17.9 Å². The molecule has 1 heterocycles. The van der Waals surface area contributed by atoms with Crippen molar-refractivity contribution in [1.29, 1.82) is 0 Å². The maximum absolute atomic E-state index is 14.2. The van der Waals surface area contributed by atoms with Gasteiger partial charge in [-0.1, -0.05) is 19.1 Å². The molecule has 1 aliphatic rings. The van der Waals surface area contributed by atoms with Gasteiger partial charge >= 0.3 is 0 Å². The van der Waals surface area contributed by atoms with Gasteiger partial charge in [0.05, 0.1) is 6.10 Å². The Morgan fingerprint density at radius 1 is 0.967 bits per heavy atom. The lowest BCUT2D eigenvalue weighted by molar-refractivity contribution is 0.118. The predicted octanol–water partition coefficient (Wildman–Crippen LogP) is 6.01. The Morgan fingerprint density at radius 3 is 2.23 bits per heavy atom. The van der Waals surface area contributed by atoms with Crippen LogP contribution in [0.3, 0.4) is 0 Å². The molecule has 3 nitrogen and oxygen atoms in total. The van der Waals surface area contributed by atoms with Gasteiger partial charge in [-0.15, -0.1) is 0 Å². The van der Waals surface area contributed by atoms with Crippen molar-refractivity contribution in [2.24, 2.45) is 11.7 Å². The fraction of sp³-hybridized carbons (Fsp3) is 0.375. The lowest BCUT2D eigenvalue weighted by Gasteiger charge is -2.32. The summed E-state index contributed by atoms with van der Waals surface area (Å²) in [5, 5.41) is 1.75. The average molecular weight is 416 g/mol. The SMILES string of the molecule is CCC(N)C1CCC(Oc2cc3ccncc3cc2F)CC1.Fc1ccccc1F. The summed E-state index contributed by atoms with van der Waals surface area (Å²) in [7, 11) is 0. The van der Waals surface area contributed by atoms with Crippen molar-refractivity contribution in [3.63, 3.8) is 0 Å². The highest BCUT2D eigenvalue weighted by atomic mass is 19.2. The molecule has 2 aromatic carbocycles. The molecule has 0 radical (unpaired) electrons. The fourth-order valence-electron chi connectivity index (χ4n) is 3.76. The number of benzene rings is 2. The molecule has 2 N–H and O–H groups in total. The van der Waals surface area contributed by atoms with Crippen LogP contribution in [0.1, 0.15) is 39.0 Å². The summed E-state index contributed by atoms with van der Waals surface area (Å²) >= 11 is 0. The molecule has 6 heteroatoms. The molecule has 1 atom stereocenters. The van der Waals surface area contributed by atoms with Gasteiger partial charge in [-0.05, 0) is 73.7 Å². The number of pyridine rings is 1. The van der Waals surface area contributed by atoms with Crippen LogP contribution in [0.5, 0.6) is 5.75 Å². The Labute approximate surface area is 175 Å². The van der Waals surface area contributed by atoms with Crippen LogP contribution < -0.4 is 10.5 Å². The van der Waals surface area contributed by atoms with Gasteiger partial charge in [-0.2, -0.15) is 0 Å². The molecular formula is C24H27F3N2O. The highest BCUT2D eigenvalue weighted by molar-refractivity contribution is 5.83. The molecule has 1 fully saturated rings. The molecule has 0 amide bonds. The zero-order valence-electron chi connectivity index (χ0n) is 17.0. The number of aromatic nitrogens is 1. The molecule has 0 aliphatic heterocycles. The maximum atomic E-state index is 14.2. The number of halogens is 3. The van der Waals surface area contributed by atoms with Crippen LogP contribution in [0.25, 0.3) is 10.8 Å². The first-order valence-corrected chi connectivity index (χ1v) is 10.3. The van der Waals surface area contributed by atoms with Gasteiger partial charge in [0.25, 0.3) is 0 Å². The van der Waals surface area contributed by atoms with Crippen molar-refractivity contribution in [2.45, 2.75) is 51.2 Å². The molecule has 1 aromatic heterocycles. The summed E-state index contributed by atoms with van der Waals surface area (Å²) in [5.41, 5.74) is 6.13. The number of ether oxygens (including phenoxy) is 1. The standard InChI is InChI=1S/C18H23FN2O.C6H4F2/c1-2-17(20)12-3-5-15(6-4-12)22-18-10-13-7-8-21-11-14(13)9-16(18)19;7-5-3-1-2-4-6(5)8/h7-12,15,17H,2-6,20H2,1H3;1-4H. The van der Waals surface area contributed by atoms with Gasteiger partial charge in [0.1, 0.15) is 0 Å². The third kappa shape index (κ3) is 5.72. The van der Waals surface area contributed by atoms with E-state index in [0.29, 0.717) is 11.7 Å². The minimum absolute atomic E-state index is 0.0918. The normalized spacial score (nSPS) is 19.6. The topological polar surface area (TPSA) is 48.1 Å². The van der Waals surface area contributed by atoms with E-state index in [9.17, 15) is 13.2 Å². The Morgan fingerprint density at radius 2 is 1.63 bits per heavy atom. The number of fused-ring (bicyclic) bond motifs is 1. The second-order valence-electron chi connectivity index (χ2n) is 7.65. The average Bonchev–Trinajstić information content (AvgIpc) is 2.77. The Hall–Kier alpha value is -2.60. The van der Waals surface area contributed by atoms with Crippen molar-refractivity contribution >= 4 is 10.8 Å². The monoisotopic (exact) mass is 416 g/mol. The first-order chi connectivity index (χ1) is 14.5. The van der Waals surface area contributed by atoms with E-state index in [1.54, 1.807) is 18.5 Å². The minimum Gasteiger partial charge on any atom is -0.487 e. The van der Waals surface area contributed by atoms with Gasteiger partial charge in [0, 0.05) is 23.8 Å². The van der Waals surface area contributed by atoms with Crippen molar-refractivity contribution in [1.82, 2.24) is 4.98 Å². The summed E-state index contributed by atoms with van der Waals surface area (Å²) in [6.45, 7) is 2.13. The van der Waals surface area contributed by atoms with Crippen LogP contribution in [-0.4, -0.2) is 17.1 Å². The van der Waals surface area contributed by atoms with E-state index in [0.717, 1.165) is 55.0 Å². The van der Waals surface area contributed by atoms with E-state index in [1.165, 1.54) is 18.2 Å². The Balaban J connectivity index is 0.000000269. The smallest absolute Gasteiger partial charge is 0.165 e. The van der Waals surface area contributed by atoms with E-state index in [-0.39, 0.29) is 18.0 Å². The van der Waals surface area contributed by atoms with Crippen molar-refractivity contribution in [3.8, 4) is 5.75 Å². The quantitative estimate of drug-likeness (QED) is 0.566. The van der Waals surface area contributed by atoms with E-state index in [4.69, 9.17) is 10.5 Å². The second-order valence-corrected chi connectivity index (χ2v) is 7.65. The third-order valence-electron chi connectivity index (χ3n) is 5.61. The molecular weight excluding hydrogens is 389 g/mol. The van der Waals surface area contributed by atoms with E-state index >= 15 is 0 Å². The third-order valence-corrected chi connectivity index (χ3v) is 5.61. The van der Waals surface area contributed by atoms with E-state index in [2.05, 4.69) is 11.9 Å². The van der Waals surface area contributed by atoms with Crippen LogP contribution in [0, 0.1) is 23.4 Å². The Bertz CT molecular complexity index is 937. The van der Waals surface area contributed by atoms with Crippen LogP contribution in [0.15, 0.2) is 54.9 Å². The van der Waals surface area contributed by atoms with Crippen molar-refractivity contribution in [3.05, 3.63) is 72.3 Å². The van der Waals surface area contributed by atoms with E-state index in [1.807, 2.05) is 6.07 Å². The summed E-state index contributed by atoms with van der Waals surface area (Å²) in [4.78, 5) is 4.01. The van der Waals surface area contributed by atoms with Crippen LogP contribution in [0.4, 0.5) is 13.2 Å². The molecule has 160 valence electrons. The molecule has 3 aromatic rings. The number of hydrogen-bond acceptors (Lipinski definition) is 3. The predicted molar refractivity (Wildman–Crippen MR) is 113 cm³/mol. The second kappa shape index (κ2) is 10.4. The number of rotatable bonds is 4. The zero-order chi connectivity index (χ0) is 21.5. The largest absolute Gasteiger partial charge is 0.487 e. The molecule has 4 rings (SSSR count). The van der Waals surface area contributed by atoms with Gasteiger partial charge < -0.3 is 10.5 Å². The number of nitrogens with two attached hydrogens (primary N) is 1. The maximum Gasteiger partial charge on any atom is 0.165 e. The first kappa shape index (κ1) is 22.1. The highest BCUT2D eigenvalue weighted by Crippen LogP contribution is 2.32. The molecule has 0 spiro atoms. The number of nitrogens with zero attached hydrogens (tertiary/aromatic N) is 1. The van der Waals surface area contributed by atoms with Gasteiger partial charge in [-0.25, -0.2) is 13.2 Å². The van der Waals surface area contributed by atoms with Crippen LogP contribution >= 0.6 is 0 Å². The summed E-state index contributed by atoms with van der Waals surface area (Å²) in [6.07, 6.45) is 8.52. The molecule has 1 unspecified atom stereocenters. The molecule has 1 aliphatic carbocycles.